The van der Waals surface area contributed by atoms with Crippen LogP contribution in [0.4, 0.5) is 8.78 Å². The minimum absolute atomic E-state index is 0.128. The van der Waals surface area contributed by atoms with Crippen molar-refractivity contribution in [2.75, 3.05) is 13.1 Å². The molecule has 0 amide bonds. The highest BCUT2D eigenvalue weighted by Crippen LogP contribution is 2.27. The first kappa shape index (κ1) is 15.1. The van der Waals surface area contributed by atoms with Crippen LogP contribution in [0.5, 0.6) is 0 Å². The van der Waals surface area contributed by atoms with E-state index in [0.717, 1.165) is 24.7 Å². The predicted molar refractivity (Wildman–Crippen MR) is 74.7 cm³/mol. The largest absolute Gasteiger partial charge is 0.300 e. The molecule has 0 spiro atoms. The molecule has 0 aliphatic heterocycles. The van der Waals surface area contributed by atoms with Gasteiger partial charge in [-0.25, -0.2) is 8.78 Å². The lowest BCUT2D eigenvalue weighted by Crippen LogP contribution is -2.32. The lowest BCUT2D eigenvalue weighted by atomic mass is 10.1. The molecule has 0 aromatic heterocycles. The quantitative estimate of drug-likeness (QED) is 0.711. The van der Waals surface area contributed by atoms with Crippen molar-refractivity contribution in [2.45, 2.75) is 39.2 Å². The first-order valence-electron chi connectivity index (χ1n) is 7.19. The zero-order chi connectivity index (χ0) is 14.7. The summed E-state index contributed by atoms with van der Waals surface area (Å²) < 4.78 is 26.2. The first-order chi connectivity index (χ1) is 9.45. The fraction of sp³-hybridized carbons (Fsp3) is 0.562. The Morgan fingerprint density at radius 2 is 1.85 bits per heavy atom. The van der Waals surface area contributed by atoms with Crippen molar-refractivity contribution in [3.8, 4) is 0 Å². The lowest BCUT2D eigenvalue weighted by molar-refractivity contribution is 0.0957. The number of carbonyl (C=O) groups is 1. The van der Waals surface area contributed by atoms with E-state index >= 15 is 0 Å². The molecule has 1 fully saturated rings. The zero-order valence-electron chi connectivity index (χ0n) is 12.0. The standard InChI is InChI=1S/C16H21F2NO/c1-11(2)10-19(15-3-4-15)6-5-16(20)12-7-13(17)9-14(18)8-12/h7-9,11,15H,3-6,10H2,1-2H3. The van der Waals surface area contributed by atoms with Crippen molar-refractivity contribution in [3.05, 3.63) is 35.4 Å². The summed E-state index contributed by atoms with van der Waals surface area (Å²) in [6, 6.07) is 3.59. The molecule has 1 aliphatic carbocycles. The lowest BCUT2D eigenvalue weighted by Gasteiger charge is -2.23. The van der Waals surface area contributed by atoms with Gasteiger partial charge in [0.2, 0.25) is 0 Å². The Morgan fingerprint density at radius 3 is 2.35 bits per heavy atom. The van der Waals surface area contributed by atoms with Gasteiger partial charge in [0.15, 0.2) is 5.78 Å². The molecule has 0 heterocycles. The first-order valence-corrected chi connectivity index (χ1v) is 7.19. The Labute approximate surface area is 118 Å². The Kier molecular flexibility index (Phi) is 4.86. The van der Waals surface area contributed by atoms with Gasteiger partial charge in [-0.1, -0.05) is 13.8 Å². The van der Waals surface area contributed by atoms with E-state index in [2.05, 4.69) is 18.7 Å². The number of hydrogen-bond acceptors (Lipinski definition) is 2. The van der Waals surface area contributed by atoms with Gasteiger partial charge in [0.25, 0.3) is 0 Å². The summed E-state index contributed by atoms with van der Waals surface area (Å²) in [5, 5.41) is 0. The van der Waals surface area contributed by atoms with Crippen LogP contribution in [0.2, 0.25) is 0 Å². The number of benzene rings is 1. The van der Waals surface area contributed by atoms with Crippen molar-refractivity contribution in [1.29, 1.82) is 0 Å². The van der Waals surface area contributed by atoms with Gasteiger partial charge in [0.1, 0.15) is 11.6 Å². The molecular formula is C16H21F2NO. The smallest absolute Gasteiger partial charge is 0.164 e. The van der Waals surface area contributed by atoms with Crippen molar-refractivity contribution in [3.63, 3.8) is 0 Å². The number of ketones is 1. The van der Waals surface area contributed by atoms with Crippen molar-refractivity contribution in [2.24, 2.45) is 5.92 Å². The van der Waals surface area contributed by atoms with Crippen LogP contribution in [-0.4, -0.2) is 29.8 Å². The molecule has 1 aromatic rings. The van der Waals surface area contributed by atoms with Crippen molar-refractivity contribution < 1.29 is 13.6 Å². The minimum atomic E-state index is -0.699. The fourth-order valence-electron chi connectivity index (χ4n) is 2.44. The summed E-state index contributed by atoms with van der Waals surface area (Å²) in [5.41, 5.74) is 0.128. The summed E-state index contributed by atoms with van der Waals surface area (Å²) in [6.45, 7) is 5.94. The van der Waals surface area contributed by atoms with Gasteiger partial charge in [-0.2, -0.15) is 0 Å². The molecule has 0 bridgehead atoms. The molecule has 20 heavy (non-hydrogen) atoms. The van der Waals surface area contributed by atoms with E-state index in [-0.39, 0.29) is 11.3 Å². The van der Waals surface area contributed by atoms with Gasteiger partial charge < -0.3 is 0 Å². The van der Waals surface area contributed by atoms with E-state index < -0.39 is 11.6 Å². The zero-order valence-corrected chi connectivity index (χ0v) is 12.0. The predicted octanol–water partition coefficient (Wildman–Crippen LogP) is 3.66. The van der Waals surface area contributed by atoms with E-state index in [0.29, 0.717) is 24.9 Å². The van der Waals surface area contributed by atoms with E-state index in [1.54, 1.807) is 0 Å². The van der Waals surface area contributed by atoms with Crippen molar-refractivity contribution >= 4 is 5.78 Å². The van der Waals surface area contributed by atoms with Crippen LogP contribution in [0.15, 0.2) is 18.2 Å². The molecule has 0 unspecified atom stereocenters. The van der Waals surface area contributed by atoms with Crippen LogP contribution in [0.25, 0.3) is 0 Å². The SMILES string of the molecule is CC(C)CN(CCC(=O)c1cc(F)cc(F)c1)C1CC1. The highest BCUT2D eigenvalue weighted by Gasteiger charge is 2.29. The molecular weight excluding hydrogens is 260 g/mol. The average molecular weight is 281 g/mol. The second-order valence-corrected chi connectivity index (χ2v) is 5.95. The van der Waals surface area contributed by atoms with E-state index in [4.69, 9.17) is 0 Å². The maximum Gasteiger partial charge on any atom is 0.164 e. The summed E-state index contributed by atoms with van der Waals surface area (Å²) in [5.74, 6) is -1.04. The molecule has 0 atom stereocenters. The molecule has 1 aliphatic rings. The number of nitrogens with zero attached hydrogens (tertiary/aromatic N) is 1. The van der Waals surface area contributed by atoms with Crippen LogP contribution >= 0.6 is 0 Å². The van der Waals surface area contributed by atoms with Gasteiger partial charge in [-0.15, -0.1) is 0 Å². The Bertz CT molecular complexity index is 463. The molecule has 0 saturated heterocycles. The summed E-state index contributed by atoms with van der Waals surface area (Å²) in [4.78, 5) is 14.3. The number of Topliss-reactive ketones (excluding diaryl/α,β-unsaturated/α-hetero) is 1. The Hall–Kier alpha value is -1.29. The molecule has 1 saturated carbocycles. The third-order valence-electron chi connectivity index (χ3n) is 3.47. The maximum absolute atomic E-state index is 13.1. The normalized spacial score (nSPS) is 15.1. The maximum atomic E-state index is 13.1. The highest BCUT2D eigenvalue weighted by atomic mass is 19.1. The van der Waals surface area contributed by atoms with Crippen molar-refractivity contribution in [1.82, 2.24) is 4.90 Å². The second kappa shape index (κ2) is 6.44. The third-order valence-corrected chi connectivity index (χ3v) is 3.47. The van der Waals surface area contributed by atoms with E-state index in [1.165, 1.54) is 12.8 Å². The third kappa shape index (κ3) is 4.37. The summed E-state index contributed by atoms with van der Waals surface area (Å²) >= 11 is 0. The van der Waals surface area contributed by atoms with Crippen LogP contribution in [-0.2, 0) is 0 Å². The van der Waals surface area contributed by atoms with Crippen LogP contribution in [0.1, 0.15) is 43.5 Å². The molecule has 0 radical (unpaired) electrons. The average Bonchev–Trinajstić information content (AvgIpc) is 3.16. The van der Waals surface area contributed by atoms with Gasteiger partial charge in [0.05, 0.1) is 0 Å². The van der Waals surface area contributed by atoms with Crippen LogP contribution in [0.3, 0.4) is 0 Å². The molecule has 110 valence electrons. The van der Waals surface area contributed by atoms with E-state index in [1.807, 2.05) is 0 Å². The van der Waals surface area contributed by atoms with Gasteiger partial charge in [0, 0.05) is 37.2 Å². The molecule has 0 N–H and O–H groups in total. The highest BCUT2D eigenvalue weighted by molar-refractivity contribution is 5.96. The number of halogens is 2. The van der Waals surface area contributed by atoms with Gasteiger partial charge in [-0.05, 0) is 30.9 Å². The monoisotopic (exact) mass is 281 g/mol. The van der Waals surface area contributed by atoms with Gasteiger partial charge >= 0.3 is 0 Å². The molecule has 2 nitrogen and oxygen atoms in total. The number of hydrogen-bond donors (Lipinski definition) is 0. The fourth-order valence-corrected chi connectivity index (χ4v) is 2.44. The minimum Gasteiger partial charge on any atom is -0.300 e. The topological polar surface area (TPSA) is 20.3 Å². The van der Waals surface area contributed by atoms with E-state index in [9.17, 15) is 13.6 Å². The van der Waals surface area contributed by atoms with Gasteiger partial charge in [-0.3, -0.25) is 9.69 Å². The number of rotatable bonds is 7. The molecule has 2 rings (SSSR count). The summed E-state index contributed by atoms with van der Waals surface area (Å²) in [6.07, 6.45) is 2.69. The van der Waals surface area contributed by atoms with Crippen LogP contribution in [0, 0.1) is 17.6 Å². The Balaban J connectivity index is 1.93. The Morgan fingerprint density at radius 1 is 1.25 bits per heavy atom. The molecule has 1 aromatic carbocycles. The number of carbonyl (C=O) groups excluding carboxylic acids is 1. The molecule has 4 heteroatoms. The summed E-state index contributed by atoms with van der Waals surface area (Å²) in [7, 11) is 0. The van der Waals surface area contributed by atoms with Crippen LogP contribution < -0.4 is 0 Å². The second-order valence-electron chi connectivity index (χ2n) is 5.95.